The molecule has 0 aromatic carbocycles. The lowest BCUT2D eigenvalue weighted by atomic mass is 9.74. The third kappa shape index (κ3) is 3.75. The van der Waals surface area contributed by atoms with Crippen LogP contribution in [0.4, 0.5) is 0 Å². The number of carbonyl (C=O) groups is 1. The quantitative estimate of drug-likeness (QED) is 0.780. The average Bonchev–Trinajstić information content (AvgIpc) is 2.65. The van der Waals surface area contributed by atoms with Crippen LogP contribution in [0.2, 0.25) is 0 Å². The van der Waals surface area contributed by atoms with Crippen LogP contribution in [0, 0.1) is 17.3 Å². The van der Waals surface area contributed by atoms with Crippen LogP contribution in [0.25, 0.3) is 0 Å². The summed E-state index contributed by atoms with van der Waals surface area (Å²) in [5, 5.41) is 6.82. The molecule has 1 aliphatic carbocycles. The minimum absolute atomic E-state index is 0.251. The van der Waals surface area contributed by atoms with Crippen LogP contribution in [0.1, 0.15) is 65.7 Å². The van der Waals surface area contributed by atoms with Gasteiger partial charge in [0.25, 0.3) is 0 Å². The normalized spacial score (nSPS) is 32.5. The molecule has 0 aromatic rings. The highest BCUT2D eigenvalue weighted by molar-refractivity contribution is 5.82. The number of carbonyl (C=O) groups excluding carboxylic acids is 1. The molecule has 2 rings (SSSR count). The van der Waals surface area contributed by atoms with Gasteiger partial charge < -0.3 is 10.6 Å². The molecular formula is C17H32N2O. The molecule has 1 saturated carbocycles. The Morgan fingerprint density at radius 3 is 2.55 bits per heavy atom. The summed E-state index contributed by atoms with van der Waals surface area (Å²) in [5.41, 5.74) is -0.251. The minimum atomic E-state index is -0.251. The van der Waals surface area contributed by atoms with E-state index in [9.17, 15) is 4.79 Å². The monoisotopic (exact) mass is 280 g/mol. The molecule has 2 fully saturated rings. The number of rotatable bonds is 3. The van der Waals surface area contributed by atoms with Crippen LogP contribution in [0.15, 0.2) is 0 Å². The molecule has 1 amide bonds. The molecule has 0 radical (unpaired) electrons. The third-order valence-corrected chi connectivity index (χ3v) is 5.58. The lowest BCUT2D eigenvalue weighted by Crippen LogP contribution is -2.51. The maximum absolute atomic E-state index is 12.8. The zero-order valence-electron chi connectivity index (χ0n) is 13.5. The smallest absolute Gasteiger partial charge is 0.226 e. The second-order valence-corrected chi connectivity index (χ2v) is 7.46. The fourth-order valence-electron chi connectivity index (χ4n) is 3.72. The zero-order chi connectivity index (χ0) is 14.6. The Hall–Kier alpha value is -0.570. The second-order valence-electron chi connectivity index (χ2n) is 7.46. The van der Waals surface area contributed by atoms with E-state index in [2.05, 4.69) is 31.4 Å². The van der Waals surface area contributed by atoms with Gasteiger partial charge in [0, 0.05) is 11.5 Å². The van der Waals surface area contributed by atoms with E-state index in [1.54, 1.807) is 0 Å². The topological polar surface area (TPSA) is 41.1 Å². The Balaban J connectivity index is 1.94. The summed E-state index contributed by atoms with van der Waals surface area (Å²) in [4.78, 5) is 12.8. The van der Waals surface area contributed by atoms with Crippen LogP contribution in [0.5, 0.6) is 0 Å². The number of nitrogens with one attached hydrogen (secondary N) is 2. The lowest BCUT2D eigenvalue weighted by molar-refractivity contribution is -0.133. The second kappa shape index (κ2) is 6.93. The Labute approximate surface area is 124 Å². The fraction of sp³-hybridized carbons (Fsp3) is 0.941. The number of hydrogen-bond acceptors (Lipinski definition) is 2. The summed E-state index contributed by atoms with van der Waals surface area (Å²) in [6.45, 7) is 8.64. The van der Waals surface area contributed by atoms with E-state index in [1.165, 1.54) is 38.5 Å². The van der Waals surface area contributed by atoms with E-state index in [4.69, 9.17) is 0 Å². The first-order chi connectivity index (χ1) is 9.51. The molecule has 116 valence electrons. The first-order valence-electron chi connectivity index (χ1n) is 8.53. The van der Waals surface area contributed by atoms with Gasteiger partial charge in [0.1, 0.15) is 0 Å². The van der Waals surface area contributed by atoms with Gasteiger partial charge >= 0.3 is 0 Å². The predicted octanol–water partition coefficient (Wildman–Crippen LogP) is 3.10. The summed E-state index contributed by atoms with van der Waals surface area (Å²) in [6, 6.07) is 0.390. The molecule has 2 N–H and O–H groups in total. The maximum Gasteiger partial charge on any atom is 0.226 e. The molecule has 2 aliphatic rings. The van der Waals surface area contributed by atoms with Gasteiger partial charge in [0.05, 0.1) is 0 Å². The van der Waals surface area contributed by atoms with Crippen molar-refractivity contribution >= 4 is 5.91 Å². The van der Waals surface area contributed by atoms with Gasteiger partial charge in [-0.15, -0.1) is 0 Å². The van der Waals surface area contributed by atoms with Crippen LogP contribution in [-0.4, -0.2) is 25.0 Å². The molecule has 1 aliphatic heterocycles. The minimum Gasteiger partial charge on any atom is -0.353 e. The van der Waals surface area contributed by atoms with Gasteiger partial charge in [-0.1, -0.05) is 40.0 Å². The average molecular weight is 280 g/mol. The van der Waals surface area contributed by atoms with Gasteiger partial charge in [-0.3, -0.25) is 4.79 Å². The van der Waals surface area contributed by atoms with Gasteiger partial charge in [0.2, 0.25) is 5.91 Å². The fourth-order valence-corrected chi connectivity index (χ4v) is 3.72. The summed E-state index contributed by atoms with van der Waals surface area (Å²) >= 11 is 0. The molecule has 3 heteroatoms. The van der Waals surface area contributed by atoms with Crippen molar-refractivity contribution in [1.29, 1.82) is 0 Å². The SMILES string of the molecule is CC1CCCCCC1NC(=O)C(C)(C)C1CCCNC1. The van der Waals surface area contributed by atoms with E-state index in [1.807, 2.05) is 0 Å². The number of hydrogen-bond donors (Lipinski definition) is 2. The zero-order valence-corrected chi connectivity index (χ0v) is 13.5. The molecule has 0 aromatic heterocycles. The highest BCUT2D eigenvalue weighted by Gasteiger charge is 2.38. The van der Waals surface area contributed by atoms with Crippen LogP contribution >= 0.6 is 0 Å². The van der Waals surface area contributed by atoms with Crippen molar-refractivity contribution in [1.82, 2.24) is 10.6 Å². The van der Waals surface area contributed by atoms with Crippen molar-refractivity contribution in [2.24, 2.45) is 17.3 Å². The number of amides is 1. The lowest BCUT2D eigenvalue weighted by Gasteiger charge is -2.37. The van der Waals surface area contributed by atoms with E-state index in [0.29, 0.717) is 17.9 Å². The molecule has 1 saturated heterocycles. The molecule has 0 bridgehead atoms. The van der Waals surface area contributed by atoms with Crippen molar-refractivity contribution in [3.8, 4) is 0 Å². The van der Waals surface area contributed by atoms with Gasteiger partial charge in [-0.05, 0) is 50.6 Å². The summed E-state index contributed by atoms with van der Waals surface area (Å²) < 4.78 is 0. The molecule has 1 heterocycles. The van der Waals surface area contributed by atoms with Crippen molar-refractivity contribution < 1.29 is 4.79 Å². The molecule has 3 atom stereocenters. The van der Waals surface area contributed by atoms with Gasteiger partial charge in [-0.25, -0.2) is 0 Å². The van der Waals surface area contributed by atoms with Crippen molar-refractivity contribution in [2.75, 3.05) is 13.1 Å². The van der Waals surface area contributed by atoms with Crippen molar-refractivity contribution in [3.63, 3.8) is 0 Å². The largest absolute Gasteiger partial charge is 0.353 e. The third-order valence-electron chi connectivity index (χ3n) is 5.58. The summed E-state index contributed by atoms with van der Waals surface area (Å²) in [7, 11) is 0. The maximum atomic E-state index is 12.8. The highest BCUT2D eigenvalue weighted by Crippen LogP contribution is 2.33. The predicted molar refractivity (Wildman–Crippen MR) is 83.6 cm³/mol. The number of piperidine rings is 1. The highest BCUT2D eigenvalue weighted by atomic mass is 16.2. The van der Waals surface area contributed by atoms with Gasteiger partial charge in [-0.2, -0.15) is 0 Å². The summed E-state index contributed by atoms with van der Waals surface area (Å²) in [6.07, 6.45) is 8.70. The molecule has 20 heavy (non-hydrogen) atoms. The van der Waals surface area contributed by atoms with E-state index in [0.717, 1.165) is 19.5 Å². The molecule has 0 spiro atoms. The van der Waals surface area contributed by atoms with E-state index >= 15 is 0 Å². The molecular weight excluding hydrogens is 248 g/mol. The Bertz CT molecular complexity index is 321. The first kappa shape index (κ1) is 15.8. The summed E-state index contributed by atoms with van der Waals surface area (Å²) in [5.74, 6) is 1.36. The molecule has 3 nitrogen and oxygen atoms in total. The van der Waals surface area contributed by atoms with Crippen LogP contribution in [-0.2, 0) is 4.79 Å². The first-order valence-corrected chi connectivity index (χ1v) is 8.53. The molecule has 3 unspecified atom stereocenters. The van der Waals surface area contributed by atoms with Gasteiger partial charge in [0.15, 0.2) is 0 Å². The Kier molecular flexibility index (Phi) is 5.48. The van der Waals surface area contributed by atoms with E-state index < -0.39 is 0 Å². The van der Waals surface area contributed by atoms with Crippen molar-refractivity contribution in [3.05, 3.63) is 0 Å². The Morgan fingerprint density at radius 1 is 1.10 bits per heavy atom. The van der Waals surface area contributed by atoms with Crippen LogP contribution < -0.4 is 10.6 Å². The van der Waals surface area contributed by atoms with E-state index in [-0.39, 0.29) is 11.3 Å². The van der Waals surface area contributed by atoms with Crippen LogP contribution in [0.3, 0.4) is 0 Å². The Morgan fingerprint density at radius 2 is 1.85 bits per heavy atom. The van der Waals surface area contributed by atoms with Crippen molar-refractivity contribution in [2.45, 2.75) is 71.8 Å². The standard InChI is InChI=1S/C17H32N2O/c1-13-8-5-4-6-10-15(13)19-16(20)17(2,3)14-9-7-11-18-12-14/h13-15,18H,4-12H2,1-3H3,(H,19,20).